The Balaban J connectivity index is 1.40. The van der Waals surface area contributed by atoms with Crippen molar-refractivity contribution in [3.8, 4) is 17.2 Å². The van der Waals surface area contributed by atoms with Crippen molar-refractivity contribution in [3.05, 3.63) is 88.9 Å². The van der Waals surface area contributed by atoms with Crippen LogP contribution in [0.25, 0.3) is 0 Å². The van der Waals surface area contributed by atoms with Crippen LogP contribution in [0.3, 0.4) is 0 Å². The number of carboxylic acids is 1. The predicted molar refractivity (Wildman–Crippen MR) is 150 cm³/mol. The van der Waals surface area contributed by atoms with Gasteiger partial charge in [0.15, 0.2) is 0 Å². The number of hydrogen-bond donors (Lipinski definition) is 3. The molecule has 0 aliphatic heterocycles. The van der Waals surface area contributed by atoms with Crippen LogP contribution in [-0.4, -0.2) is 47.8 Å². The molecule has 0 heterocycles. The number of ether oxygens (including phenoxy) is 3. The summed E-state index contributed by atoms with van der Waals surface area (Å²) >= 11 is 6.02. The first-order chi connectivity index (χ1) is 19.6. The Labute approximate surface area is 242 Å². The number of carbonyl (C=O) groups is 2. The molecule has 4 N–H and O–H groups in total. The number of halogens is 1. The van der Waals surface area contributed by atoms with E-state index in [0.29, 0.717) is 28.7 Å². The number of phosphoric ester groups is 1. The topological polar surface area (TPSA) is 164 Å². The average molecular weight is 608 g/mol. The molecule has 0 spiro atoms. The summed E-state index contributed by atoms with van der Waals surface area (Å²) in [7, 11) is -4.47. The van der Waals surface area contributed by atoms with Gasteiger partial charge in [-0.2, -0.15) is 0 Å². The van der Waals surface area contributed by atoms with E-state index in [1.165, 1.54) is 0 Å². The number of carbonyl (C=O) groups excluding carboxylic acids is 1. The van der Waals surface area contributed by atoms with Gasteiger partial charge in [0.05, 0.1) is 19.8 Å². The number of phosphoric acid groups is 1. The van der Waals surface area contributed by atoms with Crippen LogP contribution in [0, 0.1) is 0 Å². The van der Waals surface area contributed by atoms with Crippen molar-refractivity contribution in [2.24, 2.45) is 5.73 Å². The van der Waals surface area contributed by atoms with Crippen LogP contribution in [0.1, 0.15) is 24.0 Å². The molecule has 3 aromatic carbocycles. The Hall–Kier alpha value is -3.44. The molecule has 41 heavy (non-hydrogen) atoms. The summed E-state index contributed by atoms with van der Waals surface area (Å²) in [4.78, 5) is 32.3. The van der Waals surface area contributed by atoms with Crippen molar-refractivity contribution in [2.75, 3.05) is 19.8 Å². The molecule has 13 heteroatoms. The van der Waals surface area contributed by atoms with Gasteiger partial charge < -0.3 is 29.9 Å². The van der Waals surface area contributed by atoms with Gasteiger partial charge in [0.25, 0.3) is 0 Å². The first-order valence-corrected chi connectivity index (χ1v) is 14.5. The van der Waals surface area contributed by atoms with Crippen molar-refractivity contribution >= 4 is 31.4 Å². The van der Waals surface area contributed by atoms with Gasteiger partial charge in [-0.15, -0.1) is 0 Å². The third-order valence-electron chi connectivity index (χ3n) is 5.44. The lowest BCUT2D eigenvalue weighted by Crippen LogP contribution is -2.34. The standard InChI is InChI=1S/C28H31ClNO10P/c29-22-8-4-10-24(17-22)40-23-9-3-6-20(16-23)18-37-26-11-2-1-7-21(26)12-13-27(31)36-14-5-15-38-41(34,35)39-19-25(30)28(32)33/h1-4,6-11,16-17,25H,5,12-15,18-19,30H2,(H,32,33)(H,34,35)/t25-/m0/s1. The molecule has 0 fully saturated rings. The minimum absolute atomic E-state index is 0.0424. The third-order valence-corrected chi connectivity index (χ3v) is 6.66. The Morgan fingerprint density at radius 2 is 1.68 bits per heavy atom. The molecule has 3 rings (SSSR count). The molecule has 0 saturated carbocycles. The highest BCUT2D eigenvalue weighted by atomic mass is 35.5. The van der Waals surface area contributed by atoms with E-state index in [2.05, 4.69) is 4.52 Å². The number of benzene rings is 3. The second-order valence-electron chi connectivity index (χ2n) is 8.72. The minimum Gasteiger partial charge on any atom is -0.489 e. The van der Waals surface area contributed by atoms with Crippen molar-refractivity contribution in [2.45, 2.75) is 31.9 Å². The normalized spacial score (nSPS) is 13.1. The first kappa shape index (κ1) is 32.1. The fourth-order valence-corrected chi connectivity index (χ4v) is 4.36. The summed E-state index contributed by atoms with van der Waals surface area (Å²) in [6.45, 7) is -0.687. The zero-order valence-corrected chi connectivity index (χ0v) is 23.7. The Morgan fingerprint density at radius 3 is 2.44 bits per heavy atom. The lowest BCUT2D eigenvalue weighted by Gasteiger charge is -2.14. The molecule has 0 aliphatic rings. The van der Waals surface area contributed by atoms with Crippen LogP contribution in [0.4, 0.5) is 0 Å². The molecule has 0 aliphatic carbocycles. The molecule has 2 atom stereocenters. The lowest BCUT2D eigenvalue weighted by molar-refractivity contribution is -0.143. The van der Waals surface area contributed by atoms with E-state index in [1.54, 1.807) is 12.1 Å². The van der Waals surface area contributed by atoms with E-state index < -0.39 is 32.4 Å². The van der Waals surface area contributed by atoms with Gasteiger partial charge in [0, 0.05) is 17.9 Å². The molecule has 0 aromatic heterocycles. The Kier molecular flexibility index (Phi) is 12.6. The monoisotopic (exact) mass is 607 g/mol. The van der Waals surface area contributed by atoms with E-state index in [-0.39, 0.29) is 32.7 Å². The molecular formula is C28H31ClNO10P. The molecule has 1 unspecified atom stereocenters. The summed E-state index contributed by atoms with van der Waals surface area (Å²) in [5.41, 5.74) is 6.93. The second kappa shape index (κ2) is 16.1. The molecule has 0 amide bonds. The molecule has 0 saturated heterocycles. The van der Waals surface area contributed by atoms with Gasteiger partial charge in [-0.05, 0) is 53.9 Å². The van der Waals surface area contributed by atoms with Gasteiger partial charge >= 0.3 is 19.8 Å². The van der Waals surface area contributed by atoms with E-state index >= 15 is 0 Å². The Morgan fingerprint density at radius 1 is 0.951 bits per heavy atom. The van der Waals surface area contributed by atoms with Gasteiger partial charge in [0.1, 0.15) is 29.9 Å². The highest BCUT2D eigenvalue weighted by Crippen LogP contribution is 2.43. The number of carboxylic acid groups (broad SMARTS) is 1. The summed E-state index contributed by atoms with van der Waals surface area (Å²) in [5.74, 6) is 0.0714. The number of esters is 1. The van der Waals surface area contributed by atoms with E-state index in [1.807, 2.05) is 60.7 Å². The van der Waals surface area contributed by atoms with E-state index in [4.69, 9.17) is 41.2 Å². The Bertz CT molecular complexity index is 1350. The quantitative estimate of drug-likeness (QED) is 0.106. The lowest BCUT2D eigenvalue weighted by atomic mass is 10.1. The molecule has 3 aromatic rings. The van der Waals surface area contributed by atoms with Crippen LogP contribution in [-0.2, 0) is 41.0 Å². The first-order valence-electron chi connectivity index (χ1n) is 12.6. The number of hydrogen-bond acceptors (Lipinski definition) is 9. The summed E-state index contributed by atoms with van der Waals surface area (Å²) in [6.07, 6.45) is 0.607. The number of rotatable bonds is 17. The SMILES string of the molecule is N[C@@H](COP(=O)(O)OCCCOC(=O)CCc1ccccc1OCc1cccc(Oc2cccc(Cl)c2)c1)C(=O)O. The van der Waals surface area contributed by atoms with Crippen LogP contribution in [0.2, 0.25) is 5.02 Å². The summed E-state index contributed by atoms with van der Waals surface area (Å²) in [6, 6.07) is 20.5. The number of nitrogens with two attached hydrogens (primary N) is 1. The number of aliphatic carboxylic acids is 1. The maximum absolute atomic E-state index is 12.2. The van der Waals surface area contributed by atoms with Crippen LogP contribution in [0.15, 0.2) is 72.8 Å². The summed E-state index contributed by atoms with van der Waals surface area (Å²) in [5, 5.41) is 9.24. The highest BCUT2D eigenvalue weighted by molar-refractivity contribution is 7.47. The van der Waals surface area contributed by atoms with Crippen LogP contribution >= 0.6 is 19.4 Å². The zero-order chi connectivity index (χ0) is 29.7. The van der Waals surface area contributed by atoms with Gasteiger partial charge in [-0.3, -0.25) is 18.6 Å². The smallest absolute Gasteiger partial charge is 0.472 e. The van der Waals surface area contributed by atoms with Gasteiger partial charge in [-0.1, -0.05) is 48.0 Å². The van der Waals surface area contributed by atoms with Crippen molar-refractivity contribution < 1.29 is 47.4 Å². The summed E-state index contributed by atoms with van der Waals surface area (Å²) < 4.78 is 38.0. The average Bonchev–Trinajstić information content (AvgIpc) is 2.94. The van der Waals surface area contributed by atoms with E-state index in [0.717, 1.165) is 11.1 Å². The molecular weight excluding hydrogens is 577 g/mol. The van der Waals surface area contributed by atoms with E-state index in [9.17, 15) is 19.0 Å². The fourth-order valence-electron chi connectivity index (χ4n) is 3.39. The zero-order valence-electron chi connectivity index (χ0n) is 22.0. The van der Waals surface area contributed by atoms with Gasteiger partial charge in [-0.25, -0.2) is 4.57 Å². The maximum atomic E-state index is 12.2. The second-order valence-corrected chi connectivity index (χ2v) is 10.6. The van der Waals surface area contributed by atoms with Crippen molar-refractivity contribution in [1.29, 1.82) is 0 Å². The van der Waals surface area contributed by atoms with Crippen molar-refractivity contribution in [1.82, 2.24) is 0 Å². The van der Waals surface area contributed by atoms with Gasteiger partial charge in [0.2, 0.25) is 0 Å². The number of aryl methyl sites for hydroxylation is 1. The molecule has 0 bridgehead atoms. The molecule has 11 nitrogen and oxygen atoms in total. The van der Waals surface area contributed by atoms with Crippen LogP contribution < -0.4 is 15.2 Å². The highest BCUT2D eigenvalue weighted by Gasteiger charge is 2.24. The van der Waals surface area contributed by atoms with Crippen molar-refractivity contribution in [3.63, 3.8) is 0 Å². The fraction of sp³-hybridized carbons (Fsp3) is 0.286. The largest absolute Gasteiger partial charge is 0.489 e. The van der Waals surface area contributed by atoms with Crippen LogP contribution in [0.5, 0.6) is 17.2 Å². The predicted octanol–water partition coefficient (Wildman–Crippen LogP) is 5.12. The minimum atomic E-state index is -4.47. The molecule has 220 valence electrons. The maximum Gasteiger partial charge on any atom is 0.472 e. The third kappa shape index (κ3) is 11.9. The molecule has 0 radical (unpaired) electrons. The number of para-hydroxylation sites is 1.